The third-order valence-corrected chi connectivity index (χ3v) is 14.8. The van der Waals surface area contributed by atoms with Gasteiger partial charge in [-0.15, -0.1) is 0 Å². The number of carboxylic acid groups (broad SMARTS) is 1. The lowest BCUT2D eigenvalue weighted by Gasteiger charge is -2.43. The Bertz CT molecular complexity index is 1590. The van der Waals surface area contributed by atoms with Crippen molar-refractivity contribution in [2.24, 2.45) is 5.11 Å². The second kappa shape index (κ2) is 17.6. The van der Waals surface area contributed by atoms with Gasteiger partial charge in [-0.25, -0.2) is 14.4 Å². The van der Waals surface area contributed by atoms with Gasteiger partial charge in [0.2, 0.25) is 0 Å². The molecule has 5 atom stereocenters. The Hall–Kier alpha value is -4.53. The summed E-state index contributed by atoms with van der Waals surface area (Å²) in [5.41, 5.74) is 10.1. The molecule has 3 aromatic rings. The van der Waals surface area contributed by atoms with E-state index in [1.54, 1.807) is 0 Å². The molecule has 15 heteroatoms. The van der Waals surface area contributed by atoms with E-state index in [-0.39, 0.29) is 25.6 Å². The van der Waals surface area contributed by atoms with Crippen molar-refractivity contribution >= 4 is 26.0 Å². The van der Waals surface area contributed by atoms with Crippen molar-refractivity contribution in [2.45, 2.75) is 88.7 Å². The number of benzene rings is 2. The number of amides is 1. The summed E-state index contributed by atoms with van der Waals surface area (Å²) in [5.74, 6) is -1.47. The normalized spacial score (nSPS) is 20.8. The van der Waals surface area contributed by atoms with Gasteiger partial charge >= 0.3 is 17.8 Å². The Morgan fingerprint density at radius 3 is 2.08 bits per heavy atom. The number of carbonyl (C=O) groups excluding carboxylic acids is 1. The Balaban J connectivity index is 1.61. The van der Waals surface area contributed by atoms with E-state index in [2.05, 4.69) is 41.1 Å². The maximum absolute atomic E-state index is 13.4. The van der Waals surface area contributed by atoms with Crippen molar-refractivity contribution in [3.8, 4) is 0 Å². The Kier molecular flexibility index (Phi) is 13.3. The first-order valence-electron chi connectivity index (χ1n) is 16.0. The third-order valence-electron chi connectivity index (χ3n) is 8.99. The number of nitrogens with one attached hydrogen (secondary N) is 1. The van der Waals surface area contributed by atoms with Crippen molar-refractivity contribution < 1.29 is 33.6 Å². The average Bonchev–Trinajstić information content (AvgIpc) is 3.10. The van der Waals surface area contributed by atoms with Crippen LogP contribution >= 0.6 is 0 Å². The van der Waals surface area contributed by atoms with Gasteiger partial charge in [-0.05, 0) is 28.8 Å². The number of aromatic nitrogens is 2. The summed E-state index contributed by atoms with van der Waals surface area (Å²) in [6, 6.07) is 22.5. The SMILES string of the molecule is CC[Si](CC)(CC)CCOC(=O)Nc1ccn(C2OC(C(=O)O)C(N=[N+]=[N-])C(OCc3ccccc3)C2OCc2ccccc2)c(=O)n1. The Labute approximate surface area is 279 Å². The van der Waals surface area contributed by atoms with E-state index in [1.807, 2.05) is 60.7 Å². The van der Waals surface area contributed by atoms with Crippen molar-refractivity contribution in [3.05, 3.63) is 105 Å². The maximum atomic E-state index is 13.4. The first-order valence-corrected chi connectivity index (χ1v) is 18.8. The summed E-state index contributed by atoms with van der Waals surface area (Å²) in [4.78, 5) is 45.3. The second-order valence-corrected chi connectivity index (χ2v) is 17.2. The van der Waals surface area contributed by atoms with Gasteiger partial charge in [-0.2, -0.15) is 4.98 Å². The van der Waals surface area contributed by atoms with Crippen molar-refractivity contribution in [2.75, 3.05) is 11.9 Å². The minimum absolute atomic E-state index is 0.0315. The molecule has 0 spiro atoms. The predicted molar refractivity (Wildman–Crippen MR) is 180 cm³/mol. The number of hydrogen-bond donors (Lipinski definition) is 2. The topological polar surface area (TPSA) is 187 Å². The number of rotatable bonds is 16. The summed E-state index contributed by atoms with van der Waals surface area (Å²) >= 11 is 0. The lowest BCUT2D eigenvalue weighted by Crippen LogP contribution is -2.59. The van der Waals surface area contributed by atoms with Gasteiger partial charge in [-0.3, -0.25) is 9.88 Å². The van der Waals surface area contributed by atoms with Crippen LogP contribution in [0.15, 0.2) is 82.8 Å². The third kappa shape index (κ3) is 9.30. The highest BCUT2D eigenvalue weighted by molar-refractivity contribution is 6.79. The number of carbonyl (C=O) groups is 2. The van der Waals surface area contributed by atoms with Gasteiger partial charge in [0.25, 0.3) is 0 Å². The molecule has 256 valence electrons. The first kappa shape index (κ1) is 36.3. The number of ether oxygens (including phenoxy) is 4. The van der Waals surface area contributed by atoms with E-state index in [9.17, 15) is 25.0 Å². The van der Waals surface area contributed by atoms with Crippen LogP contribution in [-0.2, 0) is 37.0 Å². The quantitative estimate of drug-likeness (QED) is 0.0777. The molecule has 1 aromatic heterocycles. The average molecular weight is 679 g/mol. The molecule has 0 saturated carbocycles. The first-order chi connectivity index (χ1) is 23.2. The Morgan fingerprint density at radius 1 is 0.979 bits per heavy atom. The number of nitrogens with zero attached hydrogens (tertiary/aromatic N) is 5. The summed E-state index contributed by atoms with van der Waals surface area (Å²) in [6.07, 6.45) is -4.76. The highest BCUT2D eigenvalue weighted by atomic mass is 28.3. The lowest BCUT2D eigenvalue weighted by atomic mass is 9.95. The molecule has 1 fully saturated rings. The molecule has 2 aromatic carbocycles. The number of azide groups is 1. The monoisotopic (exact) mass is 678 g/mol. The van der Waals surface area contributed by atoms with E-state index >= 15 is 0 Å². The molecule has 5 unspecified atom stereocenters. The van der Waals surface area contributed by atoms with Crippen molar-refractivity contribution in [3.63, 3.8) is 0 Å². The van der Waals surface area contributed by atoms with E-state index in [4.69, 9.17) is 18.9 Å². The second-order valence-electron chi connectivity index (χ2n) is 11.6. The summed E-state index contributed by atoms with van der Waals surface area (Å²) in [5, 5.41) is 16.4. The molecule has 48 heavy (non-hydrogen) atoms. The molecule has 14 nitrogen and oxygen atoms in total. The summed E-state index contributed by atoms with van der Waals surface area (Å²) in [6.45, 7) is 6.89. The molecule has 1 amide bonds. The van der Waals surface area contributed by atoms with Gasteiger partial charge in [-0.1, -0.05) is 105 Å². The molecule has 1 aliphatic rings. The van der Waals surface area contributed by atoms with Crippen LogP contribution in [0.1, 0.15) is 38.1 Å². The van der Waals surface area contributed by atoms with Crippen LogP contribution in [0.4, 0.5) is 10.6 Å². The van der Waals surface area contributed by atoms with E-state index in [0.717, 1.165) is 39.9 Å². The molecule has 0 bridgehead atoms. The zero-order chi connectivity index (χ0) is 34.5. The van der Waals surface area contributed by atoms with E-state index < -0.39 is 56.4 Å². The van der Waals surface area contributed by atoms with Crippen molar-refractivity contribution in [1.29, 1.82) is 0 Å². The summed E-state index contributed by atoms with van der Waals surface area (Å²) < 4.78 is 24.9. The fourth-order valence-electron chi connectivity index (χ4n) is 5.81. The fraction of sp³-hybridized carbons (Fsp3) is 0.455. The van der Waals surface area contributed by atoms with Gasteiger partial charge in [0.15, 0.2) is 12.3 Å². The Morgan fingerprint density at radius 2 is 1.56 bits per heavy atom. The van der Waals surface area contributed by atoms with Crippen molar-refractivity contribution in [1.82, 2.24) is 9.55 Å². The highest BCUT2D eigenvalue weighted by Gasteiger charge is 2.51. The van der Waals surface area contributed by atoms with Gasteiger partial charge in [0, 0.05) is 11.1 Å². The van der Waals surface area contributed by atoms with Crippen LogP contribution in [0.3, 0.4) is 0 Å². The fourth-order valence-corrected chi connectivity index (χ4v) is 8.91. The lowest BCUT2D eigenvalue weighted by molar-refractivity contribution is -0.242. The molecule has 1 aliphatic heterocycles. The molecule has 1 saturated heterocycles. The van der Waals surface area contributed by atoms with Crippen LogP contribution in [0, 0.1) is 0 Å². The van der Waals surface area contributed by atoms with Crippen LogP contribution < -0.4 is 11.0 Å². The van der Waals surface area contributed by atoms with Gasteiger partial charge < -0.3 is 24.1 Å². The standard InChI is InChI=1S/C33H42N6O8Si/c1-4-48(5-2,6-3)20-19-44-33(43)36-25-17-18-39(32(42)35-25)30-29(46-22-24-15-11-8-12-16-24)27(45-21-23-13-9-7-10-14-23)26(37-38-34)28(47-30)31(40)41/h7-18,26-30H,4-6,19-22H2,1-3H3,(H,40,41)(H,35,36,42,43). The van der Waals surface area contributed by atoms with Gasteiger partial charge in [0.05, 0.1) is 27.9 Å². The number of aliphatic carboxylic acids is 1. The smallest absolute Gasteiger partial charge is 0.412 e. The van der Waals surface area contributed by atoms with E-state index in [0.29, 0.717) is 0 Å². The number of carboxylic acids is 1. The largest absolute Gasteiger partial charge is 0.479 e. The highest BCUT2D eigenvalue weighted by Crippen LogP contribution is 2.35. The maximum Gasteiger partial charge on any atom is 0.412 e. The molecule has 2 N–H and O–H groups in total. The molecular formula is C33H42N6O8Si. The molecule has 4 rings (SSSR count). The summed E-state index contributed by atoms with van der Waals surface area (Å²) in [7, 11) is -1.48. The van der Waals surface area contributed by atoms with Crippen LogP contribution in [-0.4, -0.2) is 65.8 Å². The molecule has 0 radical (unpaired) electrons. The molecule has 2 heterocycles. The molecule has 0 aliphatic carbocycles. The molecular weight excluding hydrogens is 636 g/mol. The number of hydrogen-bond acceptors (Lipinski definition) is 9. The zero-order valence-electron chi connectivity index (χ0n) is 27.3. The van der Waals surface area contributed by atoms with E-state index in [1.165, 1.54) is 12.3 Å². The minimum atomic E-state index is -1.69. The van der Waals surface area contributed by atoms with Crippen LogP contribution in [0.5, 0.6) is 0 Å². The number of anilines is 1. The zero-order valence-corrected chi connectivity index (χ0v) is 28.3. The predicted octanol–water partition coefficient (Wildman–Crippen LogP) is 6.13. The minimum Gasteiger partial charge on any atom is -0.479 e. The van der Waals surface area contributed by atoms with Crippen LogP contribution in [0.2, 0.25) is 24.2 Å². The van der Waals surface area contributed by atoms with Crippen LogP contribution in [0.25, 0.3) is 10.4 Å². The van der Waals surface area contributed by atoms with Gasteiger partial charge in [0.1, 0.15) is 24.1 Å².